The third-order valence-electron chi connectivity index (χ3n) is 2.90. The van der Waals surface area contributed by atoms with Crippen LogP contribution >= 0.6 is 11.8 Å². The minimum absolute atomic E-state index is 0.552. The van der Waals surface area contributed by atoms with Crippen LogP contribution in [0.1, 0.15) is 13.8 Å². The zero-order chi connectivity index (χ0) is 13.9. The van der Waals surface area contributed by atoms with Gasteiger partial charge in [0.2, 0.25) is 0 Å². The number of aliphatic carboxylic acids is 1. The van der Waals surface area contributed by atoms with E-state index in [0.717, 1.165) is 6.26 Å². The van der Waals surface area contributed by atoms with Crippen molar-refractivity contribution >= 4 is 33.8 Å². The molecule has 2 rings (SSSR count). The molecule has 0 aromatic carbocycles. The predicted molar refractivity (Wildman–Crippen MR) is 63.4 cm³/mol. The highest BCUT2D eigenvalue weighted by atomic mass is 32.2. The van der Waals surface area contributed by atoms with E-state index in [9.17, 15) is 18.0 Å². The summed E-state index contributed by atoms with van der Waals surface area (Å²) in [6.07, 6.45) is -0.240. The Hall–Kier alpha value is -0.800. The molecular weight excluding hydrogens is 282 g/mol. The number of hydrogen-bond donors (Lipinski definition) is 1. The molecule has 1 N–H and O–H groups in total. The van der Waals surface area contributed by atoms with Crippen LogP contribution < -0.4 is 0 Å². The molecule has 3 atom stereocenters. The molecule has 2 saturated heterocycles. The van der Waals surface area contributed by atoms with Crippen LogP contribution in [-0.4, -0.2) is 58.8 Å². The third-order valence-corrected chi connectivity index (χ3v) is 5.01. The van der Waals surface area contributed by atoms with Gasteiger partial charge in [-0.3, -0.25) is 8.98 Å². The molecule has 18 heavy (non-hydrogen) atoms. The van der Waals surface area contributed by atoms with Crippen molar-refractivity contribution in [2.45, 2.75) is 36.1 Å². The SMILES string of the molecule is CC1(C)S[C@@H]2[C@H](OS(C)(=O)=O)C(=O)N2[C@H]1C(=O)O. The second-order valence-corrected chi connectivity index (χ2v) is 8.19. The van der Waals surface area contributed by atoms with E-state index in [2.05, 4.69) is 4.18 Å². The lowest BCUT2D eigenvalue weighted by Crippen LogP contribution is -2.66. The van der Waals surface area contributed by atoms with Crippen LogP contribution in [0, 0.1) is 0 Å². The Balaban J connectivity index is 2.24. The van der Waals surface area contributed by atoms with Gasteiger partial charge in [-0.05, 0) is 13.8 Å². The lowest BCUT2D eigenvalue weighted by atomic mass is 9.97. The summed E-state index contributed by atoms with van der Waals surface area (Å²) in [5.41, 5.74) is 0. The molecule has 1 amide bonds. The van der Waals surface area contributed by atoms with E-state index in [1.165, 1.54) is 16.7 Å². The maximum absolute atomic E-state index is 11.8. The van der Waals surface area contributed by atoms with Crippen LogP contribution in [0.25, 0.3) is 0 Å². The van der Waals surface area contributed by atoms with Crippen LogP contribution in [-0.2, 0) is 23.9 Å². The molecular formula is C9H13NO6S2. The maximum Gasteiger partial charge on any atom is 0.327 e. The number of carbonyl (C=O) groups excluding carboxylic acids is 1. The summed E-state index contributed by atoms with van der Waals surface area (Å²) >= 11 is 1.24. The minimum Gasteiger partial charge on any atom is -0.480 e. The molecule has 0 aromatic rings. The highest BCUT2D eigenvalue weighted by Crippen LogP contribution is 2.51. The van der Waals surface area contributed by atoms with Crippen LogP contribution in [0.5, 0.6) is 0 Å². The molecule has 102 valence electrons. The number of β-lactam (4-membered cyclic amide) rings is 1. The lowest BCUT2D eigenvalue weighted by molar-refractivity contribution is -0.167. The van der Waals surface area contributed by atoms with E-state index in [4.69, 9.17) is 5.11 Å². The van der Waals surface area contributed by atoms with Gasteiger partial charge in [0.05, 0.1) is 6.26 Å². The molecule has 9 heteroatoms. The zero-order valence-electron chi connectivity index (χ0n) is 9.98. The maximum atomic E-state index is 11.8. The first-order valence-corrected chi connectivity index (χ1v) is 7.85. The first kappa shape index (κ1) is 13.6. The Morgan fingerprint density at radius 3 is 2.50 bits per heavy atom. The van der Waals surface area contributed by atoms with Crippen LogP contribution in [0.4, 0.5) is 0 Å². The second kappa shape index (κ2) is 3.84. The highest BCUT2D eigenvalue weighted by Gasteiger charge is 2.65. The molecule has 2 heterocycles. The van der Waals surface area contributed by atoms with Gasteiger partial charge in [-0.25, -0.2) is 4.79 Å². The first-order chi connectivity index (χ1) is 8.04. The fraction of sp³-hybridized carbons (Fsp3) is 0.778. The molecule has 2 aliphatic heterocycles. The normalized spacial score (nSPS) is 34.1. The van der Waals surface area contributed by atoms with Crippen molar-refractivity contribution in [3.63, 3.8) is 0 Å². The van der Waals surface area contributed by atoms with Crippen LogP contribution in [0.3, 0.4) is 0 Å². The van der Waals surface area contributed by atoms with Crippen molar-refractivity contribution in [1.82, 2.24) is 4.90 Å². The molecule has 0 unspecified atom stereocenters. The van der Waals surface area contributed by atoms with Gasteiger partial charge < -0.3 is 10.0 Å². The van der Waals surface area contributed by atoms with Gasteiger partial charge in [-0.2, -0.15) is 8.42 Å². The Morgan fingerprint density at radius 2 is 2.06 bits per heavy atom. The van der Waals surface area contributed by atoms with Crippen LogP contribution in [0.15, 0.2) is 0 Å². The van der Waals surface area contributed by atoms with Gasteiger partial charge in [0.25, 0.3) is 16.0 Å². The summed E-state index contributed by atoms with van der Waals surface area (Å²) in [5.74, 6) is -1.68. The average Bonchev–Trinajstić information content (AvgIpc) is 2.42. The predicted octanol–water partition coefficient (Wildman–Crippen LogP) is -0.522. The summed E-state index contributed by atoms with van der Waals surface area (Å²) in [4.78, 5) is 24.1. The zero-order valence-corrected chi connectivity index (χ0v) is 11.6. The smallest absolute Gasteiger partial charge is 0.327 e. The van der Waals surface area contributed by atoms with Crippen molar-refractivity contribution in [1.29, 1.82) is 0 Å². The topological polar surface area (TPSA) is 101 Å². The number of fused-ring (bicyclic) bond motifs is 1. The number of carboxylic acids is 1. The molecule has 0 saturated carbocycles. The van der Waals surface area contributed by atoms with Crippen molar-refractivity contribution in [2.24, 2.45) is 0 Å². The van der Waals surface area contributed by atoms with E-state index in [1.807, 2.05) is 0 Å². The Bertz CT molecular complexity index is 513. The number of carboxylic acid groups (broad SMARTS) is 1. The van der Waals surface area contributed by atoms with E-state index < -0.39 is 44.3 Å². The average molecular weight is 295 g/mol. The molecule has 0 aliphatic carbocycles. The third kappa shape index (κ3) is 1.99. The van der Waals surface area contributed by atoms with Crippen molar-refractivity contribution in [2.75, 3.05) is 6.26 Å². The number of hydrogen-bond acceptors (Lipinski definition) is 6. The van der Waals surface area contributed by atoms with Crippen LogP contribution in [0.2, 0.25) is 0 Å². The van der Waals surface area contributed by atoms with E-state index >= 15 is 0 Å². The van der Waals surface area contributed by atoms with E-state index in [1.54, 1.807) is 13.8 Å². The fourth-order valence-corrected chi connectivity index (χ4v) is 4.49. The number of thioether (sulfide) groups is 1. The van der Waals surface area contributed by atoms with E-state index in [-0.39, 0.29) is 0 Å². The lowest BCUT2D eigenvalue weighted by Gasteiger charge is -2.42. The molecule has 2 fully saturated rings. The summed E-state index contributed by atoms with van der Waals surface area (Å²) in [6, 6.07) is -0.959. The Kier molecular flexibility index (Phi) is 2.91. The van der Waals surface area contributed by atoms with Crippen molar-refractivity contribution < 1.29 is 27.3 Å². The minimum atomic E-state index is -3.74. The number of carbonyl (C=O) groups is 2. The standard InChI is InChI=1S/C9H13NO6S2/c1-9(2)5(8(12)13)10-6(11)4(7(10)17-9)16-18(3,14)15/h4-5,7H,1-3H3,(H,12,13)/t4-,5+,7-/m1/s1. The number of nitrogens with zero attached hydrogens (tertiary/aromatic N) is 1. The van der Waals surface area contributed by atoms with Gasteiger partial charge in [-0.15, -0.1) is 11.8 Å². The van der Waals surface area contributed by atoms with Gasteiger partial charge in [0.15, 0.2) is 6.10 Å². The van der Waals surface area contributed by atoms with Crippen molar-refractivity contribution in [3.05, 3.63) is 0 Å². The molecule has 2 aliphatic rings. The quantitative estimate of drug-likeness (QED) is 0.552. The van der Waals surface area contributed by atoms with Gasteiger partial charge in [0, 0.05) is 4.75 Å². The molecule has 0 spiro atoms. The van der Waals surface area contributed by atoms with Crippen molar-refractivity contribution in [3.8, 4) is 0 Å². The molecule has 7 nitrogen and oxygen atoms in total. The number of amides is 1. The molecule has 0 aromatic heterocycles. The Morgan fingerprint density at radius 1 is 1.50 bits per heavy atom. The molecule has 0 radical (unpaired) electrons. The Labute approximate surface area is 109 Å². The van der Waals surface area contributed by atoms with E-state index in [0.29, 0.717) is 0 Å². The van der Waals surface area contributed by atoms with Gasteiger partial charge >= 0.3 is 5.97 Å². The summed E-state index contributed by atoms with van der Waals surface area (Å²) in [6.45, 7) is 3.42. The summed E-state index contributed by atoms with van der Waals surface area (Å²) in [7, 11) is -3.74. The second-order valence-electron chi connectivity index (χ2n) is 4.82. The number of rotatable bonds is 3. The largest absolute Gasteiger partial charge is 0.480 e. The highest BCUT2D eigenvalue weighted by molar-refractivity contribution is 8.01. The van der Waals surface area contributed by atoms with Gasteiger partial charge in [0.1, 0.15) is 11.4 Å². The summed E-state index contributed by atoms with van der Waals surface area (Å²) < 4.78 is 26.1. The summed E-state index contributed by atoms with van der Waals surface area (Å²) in [5, 5.41) is 8.59. The molecule has 0 bridgehead atoms. The first-order valence-electron chi connectivity index (χ1n) is 5.15. The monoisotopic (exact) mass is 295 g/mol. The van der Waals surface area contributed by atoms with Gasteiger partial charge in [-0.1, -0.05) is 0 Å². The fourth-order valence-electron chi connectivity index (χ4n) is 2.25.